The third-order valence-electron chi connectivity index (χ3n) is 3.53. The van der Waals surface area contributed by atoms with Crippen LogP contribution < -0.4 is 10.6 Å². The first-order chi connectivity index (χ1) is 10.1. The highest BCUT2D eigenvalue weighted by Crippen LogP contribution is 2.19. The first-order valence-corrected chi connectivity index (χ1v) is 6.79. The van der Waals surface area contributed by atoms with Crippen LogP contribution in [0.25, 0.3) is 0 Å². The number of carbonyl (C=O) groups is 2. The van der Waals surface area contributed by atoms with E-state index in [1.165, 1.54) is 0 Å². The van der Waals surface area contributed by atoms with Crippen molar-refractivity contribution in [1.82, 2.24) is 14.9 Å². The van der Waals surface area contributed by atoms with E-state index in [-0.39, 0.29) is 23.6 Å². The smallest absolute Gasteiger partial charge is 0.276 e. The fourth-order valence-electron chi connectivity index (χ4n) is 2.42. The van der Waals surface area contributed by atoms with Gasteiger partial charge in [-0.2, -0.15) is 0 Å². The molecule has 3 rings (SSSR count). The van der Waals surface area contributed by atoms with Crippen molar-refractivity contribution in [2.24, 2.45) is 0 Å². The zero-order valence-electron chi connectivity index (χ0n) is 11.9. The number of hydrogen-bond donors (Lipinski definition) is 2. The molecule has 21 heavy (non-hydrogen) atoms. The highest BCUT2D eigenvalue weighted by Gasteiger charge is 2.29. The molecule has 2 aromatic rings. The topological polar surface area (TPSA) is 76.0 Å². The van der Waals surface area contributed by atoms with Gasteiger partial charge in [-0.15, -0.1) is 0 Å². The van der Waals surface area contributed by atoms with Crippen molar-refractivity contribution >= 4 is 17.5 Å². The van der Waals surface area contributed by atoms with Crippen molar-refractivity contribution in [1.29, 1.82) is 0 Å². The van der Waals surface area contributed by atoms with Gasteiger partial charge in [-0.3, -0.25) is 9.59 Å². The van der Waals surface area contributed by atoms with Crippen molar-refractivity contribution in [3.05, 3.63) is 47.5 Å². The summed E-state index contributed by atoms with van der Waals surface area (Å²) in [6, 6.07) is 7.57. The second-order valence-electron chi connectivity index (χ2n) is 5.23. The molecular weight excluding hydrogens is 268 g/mol. The maximum atomic E-state index is 12.3. The number of fused-ring (bicyclic) bond motifs is 1. The van der Waals surface area contributed by atoms with Crippen molar-refractivity contribution in [3.63, 3.8) is 0 Å². The molecule has 0 spiro atoms. The Morgan fingerprint density at radius 2 is 2.29 bits per heavy atom. The van der Waals surface area contributed by atoms with Gasteiger partial charge in [-0.25, -0.2) is 4.98 Å². The average Bonchev–Trinajstić information content (AvgIpc) is 2.89. The number of hydrogen-bond acceptors (Lipinski definition) is 3. The Kier molecular flexibility index (Phi) is 3.21. The fourth-order valence-corrected chi connectivity index (χ4v) is 2.42. The van der Waals surface area contributed by atoms with Crippen molar-refractivity contribution < 1.29 is 9.59 Å². The minimum absolute atomic E-state index is 0.0886. The second-order valence-corrected chi connectivity index (χ2v) is 5.23. The number of imidazole rings is 1. The third-order valence-corrected chi connectivity index (χ3v) is 3.53. The molecule has 0 radical (unpaired) electrons. The van der Waals surface area contributed by atoms with Crippen LogP contribution in [-0.2, 0) is 0 Å². The Balaban J connectivity index is 1.91. The number of carbonyl (C=O) groups excluding carboxylic acids is 2. The maximum Gasteiger partial charge on any atom is 0.276 e. The molecule has 0 fully saturated rings. The molecule has 0 aliphatic carbocycles. The molecule has 2 heterocycles. The highest BCUT2D eigenvalue weighted by molar-refractivity contribution is 6.10. The lowest BCUT2D eigenvalue weighted by Crippen LogP contribution is -2.38. The summed E-state index contributed by atoms with van der Waals surface area (Å²) in [7, 11) is 0. The summed E-state index contributed by atoms with van der Waals surface area (Å²) in [4.78, 5) is 28.4. The Hall–Kier alpha value is -2.63. The molecule has 1 aliphatic heterocycles. The van der Waals surface area contributed by atoms with E-state index in [1.807, 2.05) is 32.0 Å². The number of amides is 2. The standard InChI is InChI=1S/C15H16N4O2/c1-9-4-3-5-11(6-9)18-14(20)12-13-15(21)16-7-10(2)19(13)8-17-12/h3-6,8,10H,7H2,1-2H3,(H,16,21)(H,18,20)/t10-/m0/s1. The molecule has 108 valence electrons. The predicted molar refractivity (Wildman–Crippen MR) is 78.4 cm³/mol. The molecule has 1 aromatic heterocycles. The molecule has 1 atom stereocenters. The van der Waals surface area contributed by atoms with Gasteiger partial charge in [-0.1, -0.05) is 12.1 Å². The van der Waals surface area contributed by atoms with Crippen LogP contribution in [0.3, 0.4) is 0 Å². The van der Waals surface area contributed by atoms with Crippen LogP contribution >= 0.6 is 0 Å². The van der Waals surface area contributed by atoms with Crippen LogP contribution in [0.15, 0.2) is 30.6 Å². The zero-order valence-corrected chi connectivity index (χ0v) is 11.9. The van der Waals surface area contributed by atoms with Gasteiger partial charge in [0.15, 0.2) is 5.69 Å². The lowest BCUT2D eigenvalue weighted by atomic mass is 10.2. The number of rotatable bonds is 2. The molecule has 2 amide bonds. The minimum atomic E-state index is -0.376. The van der Waals surface area contributed by atoms with Gasteiger partial charge in [0.1, 0.15) is 5.69 Å². The van der Waals surface area contributed by atoms with Gasteiger partial charge >= 0.3 is 0 Å². The van der Waals surface area contributed by atoms with Gasteiger partial charge in [0.2, 0.25) is 0 Å². The SMILES string of the molecule is Cc1cccc(NC(=O)c2ncn3c2C(=O)NC[C@@H]3C)c1. The van der Waals surface area contributed by atoms with Crippen LogP contribution in [0.2, 0.25) is 0 Å². The lowest BCUT2D eigenvalue weighted by Gasteiger charge is -2.22. The average molecular weight is 284 g/mol. The van der Waals surface area contributed by atoms with Crippen molar-refractivity contribution in [2.75, 3.05) is 11.9 Å². The van der Waals surface area contributed by atoms with Crippen LogP contribution in [0, 0.1) is 6.92 Å². The summed E-state index contributed by atoms with van der Waals surface area (Å²) in [6.45, 7) is 4.46. The van der Waals surface area contributed by atoms with Gasteiger partial charge in [0.05, 0.1) is 6.33 Å². The number of anilines is 1. The van der Waals surface area contributed by atoms with Crippen LogP contribution in [-0.4, -0.2) is 27.9 Å². The van der Waals surface area contributed by atoms with Crippen LogP contribution in [0.1, 0.15) is 39.5 Å². The van der Waals surface area contributed by atoms with Crippen LogP contribution in [0.4, 0.5) is 5.69 Å². The Bertz CT molecular complexity index is 720. The summed E-state index contributed by atoms with van der Waals surface area (Å²) in [5.41, 5.74) is 2.21. The normalized spacial score (nSPS) is 17.0. The lowest BCUT2D eigenvalue weighted by molar-refractivity contribution is 0.0906. The number of benzene rings is 1. The van der Waals surface area contributed by atoms with E-state index in [0.29, 0.717) is 17.9 Å². The zero-order chi connectivity index (χ0) is 15.0. The summed E-state index contributed by atoms with van der Waals surface area (Å²) in [5, 5.41) is 5.54. The molecule has 6 heteroatoms. The minimum Gasteiger partial charge on any atom is -0.349 e. The van der Waals surface area contributed by atoms with Crippen molar-refractivity contribution in [3.8, 4) is 0 Å². The maximum absolute atomic E-state index is 12.3. The molecule has 1 aliphatic rings. The van der Waals surface area contributed by atoms with E-state index in [9.17, 15) is 9.59 Å². The van der Waals surface area contributed by atoms with Gasteiger partial charge in [0.25, 0.3) is 11.8 Å². The Morgan fingerprint density at radius 3 is 3.05 bits per heavy atom. The predicted octanol–water partition coefficient (Wildman–Crippen LogP) is 1.75. The number of aryl methyl sites for hydroxylation is 1. The number of aromatic nitrogens is 2. The van der Waals surface area contributed by atoms with E-state index in [0.717, 1.165) is 5.56 Å². The van der Waals surface area contributed by atoms with E-state index in [4.69, 9.17) is 0 Å². The quantitative estimate of drug-likeness (QED) is 0.882. The molecular formula is C15H16N4O2. The Labute approximate surface area is 122 Å². The Morgan fingerprint density at radius 1 is 1.48 bits per heavy atom. The molecule has 2 N–H and O–H groups in total. The molecule has 0 bridgehead atoms. The third kappa shape index (κ3) is 2.40. The van der Waals surface area contributed by atoms with Crippen molar-refractivity contribution in [2.45, 2.75) is 19.9 Å². The molecule has 6 nitrogen and oxygen atoms in total. The highest BCUT2D eigenvalue weighted by atomic mass is 16.2. The summed E-state index contributed by atoms with van der Waals surface area (Å²) in [5.74, 6) is -0.640. The fraction of sp³-hybridized carbons (Fsp3) is 0.267. The molecule has 1 aromatic carbocycles. The summed E-state index contributed by atoms with van der Waals surface area (Å²) in [6.07, 6.45) is 1.55. The monoisotopic (exact) mass is 284 g/mol. The van der Waals surface area contributed by atoms with Gasteiger partial charge < -0.3 is 15.2 Å². The molecule has 0 saturated carbocycles. The van der Waals surface area contributed by atoms with E-state index < -0.39 is 0 Å². The first kappa shape index (κ1) is 13.4. The number of nitrogens with one attached hydrogen (secondary N) is 2. The van der Waals surface area contributed by atoms with Gasteiger partial charge in [0, 0.05) is 18.3 Å². The summed E-state index contributed by atoms with van der Waals surface area (Å²) >= 11 is 0. The number of nitrogens with zero attached hydrogens (tertiary/aromatic N) is 2. The van der Waals surface area contributed by atoms with E-state index in [2.05, 4.69) is 15.6 Å². The summed E-state index contributed by atoms with van der Waals surface area (Å²) < 4.78 is 1.74. The van der Waals surface area contributed by atoms with Crippen LogP contribution in [0.5, 0.6) is 0 Å². The van der Waals surface area contributed by atoms with E-state index >= 15 is 0 Å². The second kappa shape index (κ2) is 5.05. The molecule has 0 saturated heterocycles. The van der Waals surface area contributed by atoms with Gasteiger partial charge in [-0.05, 0) is 31.5 Å². The first-order valence-electron chi connectivity index (χ1n) is 6.79. The van der Waals surface area contributed by atoms with E-state index in [1.54, 1.807) is 17.0 Å². The molecule has 0 unspecified atom stereocenters. The largest absolute Gasteiger partial charge is 0.349 e.